The molecule has 1 heterocycles. The molecule has 20 heavy (non-hydrogen) atoms. The number of hydrogen-bond donors (Lipinski definition) is 0. The molecule has 0 N–H and O–H groups in total. The molecule has 0 saturated carbocycles. The standard InChI is InChI=1S/C14H13ClNO3S/c1-9(12-5-3-4-6-13(12)15)11-7-8-16(17)14(10(11)2)20(18)19/h3-9H,1-2H3/q-1. The molecule has 0 aliphatic carbocycles. The highest BCUT2D eigenvalue weighted by Gasteiger charge is 2.15. The minimum absolute atomic E-state index is 0.104. The van der Waals surface area contributed by atoms with E-state index in [1.807, 2.05) is 25.1 Å². The van der Waals surface area contributed by atoms with Crippen molar-refractivity contribution in [3.8, 4) is 0 Å². The molecule has 0 aliphatic heterocycles. The number of halogens is 1. The summed E-state index contributed by atoms with van der Waals surface area (Å²) in [7, 11) is -2.57. The van der Waals surface area contributed by atoms with Crippen LogP contribution in [0.1, 0.15) is 29.5 Å². The Morgan fingerprint density at radius 3 is 2.45 bits per heavy atom. The first-order valence-electron chi connectivity index (χ1n) is 5.99. The number of hydrogen-bond acceptors (Lipinski definition) is 3. The Morgan fingerprint density at radius 2 is 1.85 bits per heavy atom. The lowest BCUT2D eigenvalue weighted by molar-refractivity contribution is 0.623. The van der Waals surface area contributed by atoms with Gasteiger partial charge < -0.3 is 9.94 Å². The van der Waals surface area contributed by atoms with Crippen LogP contribution in [0.25, 0.3) is 0 Å². The first-order valence-corrected chi connectivity index (χ1v) is 7.45. The van der Waals surface area contributed by atoms with Crippen molar-refractivity contribution in [2.75, 3.05) is 0 Å². The number of pyridine rings is 1. The molecule has 0 bridgehead atoms. The molecule has 1 aromatic carbocycles. The highest BCUT2D eigenvalue weighted by Crippen LogP contribution is 2.31. The molecule has 0 spiro atoms. The molecule has 0 aliphatic rings. The molecule has 4 nitrogen and oxygen atoms in total. The molecule has 106 valence electrons. The van der Waals surface area contributed by atoms with Gasteiger partial charge in [-0.1, -0.05) is 36.7 Å². The van der Waals surface area contributed by atoms with Crippen LogP contribution in [0.5, 0.6) is 0 Å². The van der Waals surface area contributed by atoms with Crippen LogP contribution in [0.15, 0.2) is 36.5 Å². The van der Waals surface area contributed by atoms with E-state index in [0.29, 0.717) is 15.3 Å². The zero-order valence-electron chi connectivity index (χ0n) is 11.0. The van der Waals surface area contributed by atoms with Crippen molar-refractivity contribution in [3.05, 3.63) is 68.1 Å². The van der Waals surface area contributed by atoms with Gasteiger partial charge in [-0.05, 0) is 41.9 Å². The summed E-state index contributed by atoms with van der Waals surface area (Å²) in [5.41, 5.74) is 2.11. The van der Waals surface area contributed by atoms with E-state index in [-0.39, 0.29) is 10.6 Å². The normalized spacial score (nSPS) is 12.2. The zero-order valence-corrected chi connectivity index (χ0v) is 12.6. The van der Waals surface area contributed by atoms with E-state index >= 15 is 0 Å². The predicted molar refractivity (Wildman–Crippen MR) is 79.1 cm³/mol. The zero-order chi connectivity index (χ0) is 14.9. The average Bonchev–Trinajstić information content (AvgIpc) is 2.38. The summed E-state index contributed by atoms with van der Waals surface area (Å²) in [5, 5.41) is 12.2. The molecule has 1 unspecified atom stereocenters. The first kappa shape index (κ1) is 14.7. The summed E-state index contributed by atoms with van der Waals surface area (Å²) >= 11 is 6.17. The van der Waals surface area contributed by atoms with Gasteiger partial charge in [0.15, 0.2) is 4.64 Å². The number of nitrogens with zero attached hydrogens (tertiary/aromatic N) is 1. The van der Waals surface area contributed by atoms with Gasteiger partial charge in [0.1, 0.15) is 0 Å². The van der Waals surface area contributed by atoms with E-state index in [9.17, 15) is 13.6 Å². The summed E-state index contributed by atoms with van der Waals surface area (Å²) in [4.78, 5) is 0. The van der Waals surface area contributed by atoms with Gasteiger partial charge in [-0.3, -0.25) is 0 Å². The van der Waals surface area contributed by atoms with E-state index in [0.717, 1.165) is 11.1 Å². The fourth-order valence-corrected chi connectivity index (χ4v) is 3.17. The van der Waals surface area contributed by atoms with Crippen LogP contribution in [0.2, 0.25) is 5.02 Å². The Bertz CT molecular complexity index is 817. The van der Waals surface area contributed by atoms with Crippen molar-refractivity contribution in [2.24, 2.45) is 0 Å². The van der Waals surface area contributed by atoms with Crippen LogP contribution in [-0.4, -0.2) is 13.1 Å². The monoisotopic (exact) mass is 310 g/mol. The quantitative estimate of drug-likeness (QED) is 0.799. The van der Waals surface area contributed by atoms with E-state index in [1.165, 1.54) is 6.20 Å². The summed E-state index contributed by atoms with van der Waals surface area (Å²) in [5.74, 6) is -0.104. The fourth-order valence-electron chi connectivity index (χ4n) is 2.29. The van der Waals surface area contributed by atoms with Crippen LogP contribution in [-0.2, 0) is 10.3 Å². The number of rotatable bonds is 2. The molecule has 1 aromatic heterocycles. The van der Waals surface area contributed by atoms with Crippen LogP contribution >= 0.6 is 11.6 Å². The van der Waals surface area contributed by atoms with E-state index in [1.54, 1.807) is 19.1 Å². The summed E-state index contributed by atoms with van der Waals surface area (Å²) in [6.45, 7) is 3.55. The van der Waals surface area contributed by atoms with Gasteiger partial charge in [-0.25, -0.2) is 0 Å². The van der Waals surface area contributed by atoms with Crippen molar-refractivity contribution in [1.29, 1.82) is 0 Å². The van der Waals surface area contributed by atoms with Crippen molar-refractivity contribution in [2.45, 2.75) is 19.8 Å². The maximum absolute atomic E-state index is 11.6. The van der Waals surface area contributed by atoms with Gasteiger partial charge >= 0.3 is 0 Å². The van der Waals surface area contributed by atoms with Gasteiger partial charge in [0, 0.05) is 10.9 Å². The molecule has 0 radical (unpaired) electrons. The minimum atomic E-state index is -2.57. The maximum Gasteiger partial charge on any atom is 0.238 e. The average molecular weight is 311 g/mol. The third-order valence-corrected chi connectivity index (χ3v) is 4.49. The van der Waals surface area contributed by atoms with Gasteiger partial charge in [0.25, 0.3) is 0 Å². The summed E-state index contributed by atoms with van der Waals surface area (Å²) < 4.78 is 22.5. The van der Waals surface area contributed by atoms with Gasteiger partial charge in [0.05, 0.1) is 0 Å². The molecule has 0 amide bonds. The second-order valence-corrected chi connectivity index (χ2v) is 5.77. The lowest BCUT2D eigenvalue weighted by Crippen LogP contribution is -2.04. The van der Waals surface area contributed by atoms with Crippen molar-refractivity contribution in [1.82, 2.24) is 4.73 Å². The molecule has 0 saturated heterocycles. The van der Waals surface area contributed by atoms with Crippen molar-refractivity contribution >= 4 is 21.9 Å². The highest BCUT2D eigenvalue weighted by molar-refractivity contribution is 7.63. The smallest absolute Gasteiger partial charge is 0.238 e. The van der Waals surface area contributed by atoms with Crippen molar-refractivity contribution < 1.29 is 8.42 Å². The highest BCUT2D eigenvalue weighted by atomic mass is 35.5. The number of benzene rings is 1. The summed E-state index contributed by atoms with van der Waals surface area (Å²) in [6, 6.07) is 9.01. The Kier molecular flexibility index (Phi) is 4.20. The molecule has 2 rings (SSSR count). The Labute approximate surface area is 123 Å². The summed E-state index contributed by atoms with van der Waals surface area (Å²) in [6.07, 6.45) is 1.21. The molecule has 6 heteroatoms. The number of aromatic nitrogens is 1. The van der Waals surface area contributed by atoms with E-state index in [4.69, 9.17) is 11.6 Å². The van der Waals surface area contributed by atoms with Crippen LogP contribution in [0, 0.1) is 16.8 Å². The lowest BCUT2D eigenvalue weighted by Gasteiger charge is -2.19. The predicted octanol–water partition coefficient (Wildman–Crippen LogP) is 3.36. The van der Waals surface area contributed by atoms with E-state index < -0.39 is 10.3 Å². The maximum atomic E-state index is 11.6. The fraction of sp³-hybridized carbons (Fsp3) is 0.214. The third-order valence-electron chi connectivity index (χ3n) is 3.34. The van der Waals surface area contributed by atoms with Crippen LogP contribution in [0.4, 0.5) is 0 Å². The Hall–Kier alpha value is -1.72. The SMILES string of the molecule is Cc1c(C(C)c2ccccc2Cl)ccn([O-])c1=S(=O)=O. The molecule has 1 atom stereocenters. The topological polar surface area (TPSA) is 62.1 Å². The molecule has 2 aromatic rings. The van der Waals surface area contributed by atoms with Crippen molar-refractivity contribution in [3.63, 3.8) is 0 Å². The first-order chi connectivity index (χ1) is 9.43. The second-order valence-electron chi connectivity index (χ2n) is 4.50. The molecular formula is C14H13ClNO3S-. The van der Waals surface area contributed by atoms with Gasteiger partial charge in [-0.15, -0.1) is 0 Å². The van der Waals surface area contributed by atoms with E-state index in [2.05, 4.69) is 0 Å². The Morgan fingerprint density at radius 1 is 1.20 bits per heavy atom. The second kappa shape index (κ2) is 5.73. The minimum Gasteiger partial charge on any atom is -0.805 e. The largest absolute Gasteiger partial charge is 0.805 e. The van der Waals surface area contributed by atoms with Crippen LogP contribution in [0.3, 0.4) is 0 Å². The van der Waals surface area contributed by atoms with Gasteiger partial charge in [0.2, 0.25) is 10.3 Å². The third kappa shape index (κ3) is 2.59. The lowest BCUT2D eigenvalue weighted by atomic mass is 9.91. The molecule has 0 fully saturated rings. The van der Waals surface area contributed by atoms with Crippen LogP contribution < -0.4 is 0 Å². The van der Waals surface area contributed by atoms with Gasteiger partial charge in [-0.2, -0.15) is 8.42 Å². The molecular weight excluding hydrogens is 298 g/mol. The Balaban J connectivity index is 2.70.